The van der Waals surface area contributed by atoms with Gasteiger partial charge in [-0.3, -0.25) is 0 Å². The second-order valence-electron chi connectivity index (χ2n) is 1.66. The molecule has 0 saturated carbocycles. The van der Waals surface area contributed by atoms with Gasteiger partial charge in [0.1, 0.15) is 5.82 Å². The average molecular weight is 121 g/mol. The summed E-state index contributed by atoms with van der Waals surface area (Å²) >= 11 is 0. The molecule has 0 amide bonds. The Morgan fingerprint density at radius 3 is 2.78 bits per heavy atom. The van der Waals surface area contributed by atoms with Gasteiger partial charge in [-0.1, -0.05) is 0 Å². The molecule has 0 radical (unpaired) electrons. The van der Waals surface area contributed by atoms with Crippen LogP contribution in [0, 0.1) is 5.41 Å². The minimum atomic E-state index is 0.487. The first-order valence-corrected chi connectivity index (χ1v) is 2.55. The van der Waals surface area contributed by atoms with Crippen molar-refractivity contribution < 1.29 is 0 Å². The third-order valence-corrected chi connectivity index (χ3v) is 0.976. The van der Waals surface area contributed by atoms with Crippen LogP contribution in [0.2, 0.25) is 0 Å². The highest BCUT2D eigenvalue weighted by atomic mass is 14.8. The van der Waals surface area contributed by atoms with Gasteiger partial charge >= 0.3 is 0 Å². The summed E-state index contributed by atoms with van der Waals surface area (Å²) in [6.45, 7) is 0. The molecule has 1 rings (SSSR count). The standard InChI is InChI=1S/C6H7N3/c7-3-5-1-2-6(8)9-4-5/h1-4,7H,(H2,8,9). The van der Waals surface area contributed by atoms with Crippen LogP contribution in [0.5, 0.6) is 0 Å². The second kappa shape index (κ2) is 2.26. The van der Waals surface area contributed by atoms with Crippen LogP contribution in [0.4, 0.5) is 5.82 Å². The Kier molecular flexibility index (Phi) is 1.44. The van der Waals surface area contributed by atoms with E-state index in [0.29, 0.717) is 5.82 Å². The van der Waals surface area contributed by atoms with Crippen molar-refractivity contribution in [3.63, 3.8) is 0 Å². The van der Waals surface area contributed by atoms with Gasteiger partial charge in [-0.25, -0.2) is 4.98 Å². The Labute approximate surface area is 53.0 Å². The van der Waals surface area contributed by atoms with E-state index in [9.17, 15) is 0 Å². The van der Waals surface area contributed by atoms with Crippen LogP contribution in [0.3, 0.4) is 0 Å². The number of aromatic nitrogens is 1. The van der Waals surface area contributed by atoms with Gasteiger partial charge in [-0.15, -0.1) is 0 Å². The summed E-state index contributed by atoms with van der Waals surface area (Å²) in [5, 5.41) is 6.81. The summed E-state index contributed by atoms with van der Waals surface area (Å²) in [5.41, 5.74) is 6.06. The predicted octanol–water partition coefficient (Wildman–Crippen LogP) is 0.661. The van der Waals surface area contributed by atoms with E-state index in [1.807, 2.05) is 0 Å². The molecule has 3 nitrogen and oxygen atoms in total. The van der Waals surface area contributed by atoms with Gasteiger partial charge in [0, 0.05) is 18.0 Å². The fourth-order valence-electron chi connectivity index (χ4n) is 0.502. The molecule has 3 heteroatoms. The monoisotopic (exact) mass is 121 g/mol. The van der Waals surface area contributed by atoms with Crippen LogP contribution in [0.1, 0.15) is 5.56 Å². The Hall–Kier alpha value is -1.38. The first-order valence-electron chi connectivity index (χ1n) is 2.55. The highest BCUT2D eigenvalue weighted by Gasteiger charge is 1.85. The van der Waals surface area contributed by atoms with Crippen molar-refractivity contribution in [2.75, 3.05) is 5.73 Å². The molecule has 0 spiro atoms. The Bertz CT molecular complexity index is 202. The molecule has 1 heterocycles. The number of anilines is 1. The maximum atomic E-state index is 6.81. The van der Waals surface area contributed by atoms with Gasteiger partial charge in [0.2, 0.25) is 0 Å². The van der Waals surface area contributed by atoms with Crippen molar-refractivity contribution in [3.05, 3.63) is 23.9 Å². The van der Waals surface area contributed by atoms with Crippen LogP contribution in [-0.2, 0) is 0 Å². The van der Waals surface area contributed by atoms with Crippen molar-refractivity contribution in [1.29, 1.82) is 5.41 Å². The maximum Gasteiger partial charge on any atom is 0.123 e. The molecular formula is C6H7N3. The first-order chi connectivity index (χ1) is 4.33. The highest BCUT2D eigenvalue weighted by Crippen LogP contribution is 1.96. The van der Waals surface area contributed by atoms with Crippen LogP contribution in [0.15, 0.2) is 18.3 Å². The van der Waals surface area contributed by atoms with Gasteiger partial charge in [-0.05, 0) is 12.1 Å². The Balaban J connectivity index is 3.01. The topological polar surface area (TPSA) is 62.8 Å². The molecule has 0 atom stereocenters. The molecule has 1 aromatic heterocycles. The fraction of sp³-hybridized carbons (Fsp3) is 0. The maximum absolute atomic E-state index is 6.81. The molecule has 0 saturated heterocycles. The number of nitrogens with zero attached hydrogens (tertiary/aromatic N) is 1. The van der Waals surface area contributed by atoms with Crippen molar-refractivity contribution in [2.45, 2.75) is 0 Å². The van der Waals surface area contributed by atoms with Gasteiger partial charge in [0.05, 0.1) is 0 Å². The number of nitrogens with one attached hydrogen (secondary N) is 1. The van der Waals surface area contributed by atoms with Crippen LogP contribution < -0.4 is 5.73 Å². The summed E-state index contributed by atoms with van der Waals surface area (Å²) in [7, 11) is 0. The number of nitrogen functional groups attached to an aromatic ring is 1. The number of hydrogen-bond donors (Lipinski definition) is 2. The van der Waals surface area contributed by atoms with Crippen LogP contribution in [-0.4, -0.2) is 11.2 Å². The minimum absolute atomic E-state index is 0.487. The molecule has 0 bridgehead atoms. The first kappa shape index (κ1) is 5.75. The molecule has 0 unspecified atom stereocenters. The number of hydrogen-bond acceptors (Lipinski definition) is 3. The van der Waals surface area contributed by atoms with E-state index in [2.05, 4.69) is 4.98 Å². The third-order valence-electron chi connectivity index (χ3n) is 0.976. The average Bonchev–Trinajstić information content (AvgIpc) is 1.90. The van der Waals surface area contributed by atoms with E-state index in [1.165, 1.54) is 6.21 Å². The van der Waals surface area contributed by atoms with Crippen molar-refractivity contribution in [2.24, 2.45) is 0 Å². The number of nitrogens with two attached hydrogens (primary N) is 1. The number of pyridine rings is 1. The van der Waals surface area contributed by atoms with Gasteiger partial charge < -0.3 is 11.1 Å². The van der Waals surface area contributed by atoms with E-state index < -0.39 is 0 Å². The van der Waals surface area contributed by atoms with Gasteiger partial charge in [-0.2, -0.15) is 0 Å². The zero-order valence-electron chi connectivity index (χ0n) is 4.83. The van der Waals surface area contributed by atoms with Crippen LogP contribution in [0.25, 0.3) is 0 Å². The fourth-order valence-corrected chi connectivity index (χ4v) is 0.502. The smallest absolute Gasteiger partial charge is 0.123 e. The lowest BCUT2D eigenvalue weighted by Crippen LogP contribution is -1.89. The normalized spacial score (nSPS) is 8.89. The Morgan fingerprint density at radius 2 is 2.33 bits per heavy atom. The van der Waals surface area contributed by atoms with Gasteiger partial charge in [0.25, 0.3) is 0 Å². The molecule has 46 valence electrons. The number of rotatable bonds is 1. The summed E-state index contributed by atoms with van der Waals surface area (Å²) < 4.78 is 0. The molecule has 1 aromatic rings. The van der Waals surface area contributed by atoms with E-state index in [1.54, 1.807) is 18.3 Å². The van der Waals surface area contributed by atoms with E-state index in [4.69, 9.17) is 11.1 Å². The van der Waals surface area contributed by atoms with E-state index in [-0.39, 0.29) is 0 Å². The zero-order chi connectivity index (χ0) is 6.69. The predicted molar refractivity (Wildman–Crippen MR) is 36.5 cm³/mol. The molecule has 3 N–H and O–H groups in total. The quantitative estimate of drug-likeness (QED) is 0.536. The summed E-state index contributed by atoms with van der Waals surface area (Å²) in [6, 6.07) is 3.41. The van der Waals surface area contributed by atoms with Gasteiger partial charge in [0.15, 0.2) is 0 Å². The van der Waals surface area contributed by atoms with Crippen molar-refractivity contribution in [3.8, 4) is 0 Å². The SMILES string of the molecule is N=Cc1ccc(N)nc1. The van der Waals surface area contributed by atoms with E-state index >= 15 is 0 Å². The summed E-state index contributed by atoms with van der Waals surface area (Å²) in [4.78, 5) is 3.78. The highest BCUT2D eigenvalue weighted by molar-refractivity contribution is 5.76. The molecule has 0 aliphatic heterocycles. The molecule has 0 aliphatic rings. The largest absolute Gasteiger partial charge is 0.384 e. The lowest BCUT2D eigenvalue weighted by molar-refractivity contribution is 1.32. The third kappa shape index (κ3) is 1.25. The lowest BCUT2D eigenvalue weighted by atomic mass is 10.3. The Morgan fingerprint density at radius 1 is 1.56 bits per heavy atom. The lowest BCUT2D eigenvalue weighted by Gasteiger charge is -1.90. The second-order valence-corrected chi connectivity index (χ2v) is 1.66. The zero-order valence-corrected chi connectivity index (χ0v) is 4.83. The molecule has 0 aliphatic carbocycles. The molecular weight excluding hydrogens is 114 g/mol. The molecule has 0 aromatic carbocycles. The molecule has 9 heavy (non-hydrogen) atoms. The van der Waals surface area contributed by atoms with Crippen molar-refractivity contribution >= 4 is 12.0 Å². The molecule has 0 fully saturated rings. The van der Waals surface area contributed by atoms with E-state index in [0.717, 1.165) is 5.56 Å². The van der Waals surface area contributed by atoms with Crippen molar-refractivity contribution in [1.82, 2.24) is 4.98 Å². The summed E-state index contributed by atoms with van der Waals surface area (Å²) in [5.74, 6) is 0.487. The summed E-state index contributed by atoms with van der Waals surface area (Å²) in [6.07, 6.45) is 2.79. The minimum Gasteiger partial charge on any atom is -0.384 e. The van der Waals surface area contributed by atoms with Crippen LogP contribution >= 0.6 is 0 Å².